The van der Waals surface area contributed by atoms with Crippen LogP contribution >= 0.6 is 11.6 Å². The Morgan fingerprint density at radius 3 is 2.37 bits per heavy atom. The molecule has 1 saturated carbocycles. The van der Waals surface area contributed by atoms with E-state index >= 15 is 0 Å². The molecule has 4 aromatic rings. The summed E-state index contributed by atoms with van der Waals surface area (Å²) in [6, 6.07) is 21.6. The number of hydrogen-bond donors (Lipinski definition) is 3. The number of rotatable bonds is 10. The van der Waals surface area contributed by atoms with Gasteiger partial charge in [-0.25, -0.2) is 9.48 Å². The van der Waals surface area contributed by atoms with Gasteiger partial charge in [-0.2, -0.15) is 18.3 Å². The number of carbonyl (C=O) groups is 2. The zero-order valence-electron chi connectivity index (χ0n) is 25.6. The largest absolute Gasteiger partial charge is 0.444 e. The van der Waals surface area contributed by atoms with E-state index in [1.807, 2.05) is 30.3 Å². The number of alkyl carbamates (subject to hydrolysis) is 1. The minimum Gasteiger partial charge on any atom is -0.444 e. The third-order valence-electron chi connectivity index (χ3n) is 7.21. The Bertz CT molecular complexity index is 1700. The van der Waals surface area contributed by atoms with Crippen LogP contribution in [0.2, 0.25) is 5.02 Å². The molecule has 8 nitrogen and oxygen atoms in total. The Hall–Kier alpha value is -4.35. The smallest absolute Gasteiger partial charge is 0.435 e. The molecule has 46 heavy (non-hydrogen) atoms. The summed E-state index contributed by atoms with van der Waals surface area (Å²) in [5.41, 5.74) is 0.833. The van der Waals surface area contributed by atoms with Gasteiger partial charge in [0.25, 0.3) is 5.91 Å². The highest BCUT2D eigenvalue weighted by atomic mass is 35.5. The summed E-state index contributed by atoms with van der Waals surface area (Å²) in [5, 5.41) is 13.3. The van der Waals surface area contributed by atoms with Crippen LogP contribution in [0.1, 0.15) is 72.5 Å². The van der Waals surface area contributed by atoms with Crippen LogP contribution in [0.5, 0.6) is 0 Å². The maximum atomic E-state index is 13.8. The van der Waals surface area contributed by atoms with Crippen molar-refractivity contribution >= 4 is 29.3 Å². The number of ether oxygens (including phenoxy) is 1. The molecule has 0 spiro atoms. The predicted octanol–water partition coefficient (Wildman–Crippen LogP) is 7.91. The van der Waals surface area contributed by atoms with E-state index in [1.54, 1.807) is 57.2 Å². The first-order chi connectivity index (χ1) is 21.7. The molecule has 242 valence electrons. The molecule has 1 atom stereocenters. The van der Waals surface area contributed by atoms with Gasteiger partial charge in [-0.05, 0) is 99.2 Å². The molecule has 0 radical (unpaired) electrons. The van der Waals surface area contributed by atoms with Gasteiger partial charge in [0.15, 0.2) is 5.69 Å². The van der Waals surface area contributed by atoms with Gasteiger partial charge in [-0.1, -0.05) is 48.0 Å². The minimum absolute atomic E-state index is 0.0496. The van der Waals surface area contributed by atoms with E-state index in [2.05, 4.69) is 21.0 Å². The average Bonchev–Trinajstić information content (AvgIpc) is 3.69. The number of hydrogen-bond acceptors (Lipinski definition) is 5. The Kier molecular flexibility index (Phi) is 9.74. The Morgan fingerprint density at radius 1 is 0.978 bits per heavy atom. The molecule has 0 saturated heterocycles. The average molecular weight is 654 g/mol. The second kappa shape index (κ2) is 13.6. The lowest BCUT2D eigenvalue weighted by Crippen LogP contribution is -2.32. The molecular formula is C34H35ClF3N5O3. The molecule has 1 aliphatic carbocycles. The number of nitrogens with zero attached hydrogens (tertiary/aromatic N) is 2. The van der Waals surface area contributed by atoms with Gasteiger partial charge in [-0.15, -0.1) is 0 Å². The molecule has 12 heteroatoms. The van der Waals surface area contributed by atoms with Crippen molar-refractivity contribution in [3.8, 4) is 5.69 Å². The molecule has 3 aromatic carbocycles. The number of aromatic nitrogens is 2. The fraction of sp³-hybridized carbons (Fsp3) is 0.324. The first-order valence-electron chi connectivity index (χ1n) is 14.9. The van der Waals surface area contributed by atoms with Gasteiger partial charge in [0, 0.05) is 23.3 Å². The van der Waals surface area contributed by atoms with Crippen molar-refractivity contribution in [2.45, 2.75) is 58.0 Å². The highest BCUT2D eigenvalue weighted by Gasteiger charge is 2.36. The molecule has 0 bridgehead atoms. The van der Waals surface area contributed by atoms with Crippen LogP contribution in [0.15, 0.2) is 78.9 Å². The summed E-state index contributed by atoms with van der Waals surface area (Å²) in [6.45, 7) is 6.08. The van der Waals surface area contributed by atoms with E-state index in [1.165, 1.54) is 18.9 Å². The van der Waals surface area contributed by atoms with Crippen LogP contribution in [0.3, 0.4) is 0 Å². The standard InChI is InChI=1S/C34H35ClF3N5O3/c1-33(2,3)46-32(45)40-20-22-6-4-9-27(16-22)43-28(18-29(42-43)34(36,37)38)31(44)41-26-8-5-7-24(17-26)30(39-19-21-10-11-21)23-12-14-25(35)15-13-23/h4-9,12-18,21,30,39H,10-11,19-20H2,1-3H3,(H,40,45)(H,41,44). The third kappa shape index (κ3) is 8.88. The SMILES string of the molecule is CC(C)(C)OC(=O)NCc1cccc(-n2nc(C(F)(F)F)cc2C(=O)Nc2cccc(C(NCC3CC3)c3ccc(Cl)cc3)c2)c1. The van der Waals surface area contributed by atoms with Gasteiger partial charge < -0.3 is 20.7 Å². The molecule has 1 fully saturated rings. The fourth-order valence-corrected chi connectivity index (χ4v) is 4.97. The number of halogens is 4. The van der Waals surface area contributed by atoms with Gasteiger partial charge in [0.1, 0.15) is 11.3 Å². The molecule has 1 aliphatic rings. The normalized spacial score (nSPS) is 14.1. The van der Waals surface area contributed by atoms with E-state index in [4.69, 9.17) is 16.3 Å². The lowest BCUT2D eigenvalue weighted by Gasteiger charge is -2.21. The maximum Gasteiger partial charge on any atom is 0.435 e. The Labute approximate surface area is 270 Å². The maximum absolute atomic E-state index is 13.8. The number of benzene rings is 3. The van der Waals surface area contributed by atoms with Gasteiger partial charge in [-0.3, -0.25) is 4.79 Å². The zero-order valence-corrected chi connectivity index (χ0v) is 26.4. The summed E-state index contributed by atoms with van der Waals surface area (Å²) in [6.07, 6.45) is -3.07. The molecule has 2 amide bonds. The predicted molar refractivity (Wildman–Crippen MR) is 170 cm³/mol. The van der Waals surface area contributed by atoms with Crippen LogP contribution in [0.4, 0.5) is 23.7 Å². The molecule has 3 N–H and O–H groups in total. The van der Waals surface area contributed by atoms with Crippen LogP contribution in [-0.2, 0) is 17.5 Å². The summed E-state index contributed by atoms with van der Waals surface area (Å²) in [4.78, 5) is 25.7. The van der Waals surface area contributed by atoms with Gasteiger partial charge in [0.2, 0.25) is 0 Å². The number of nitrogens with one attached hydrogen (secondary N) is 3. The van der Waals surface area contributed by atoms with E-state index in [-0.39, 0.29) is 24.0 Å². The highest BCUT2D eigenvalue weighted by molar-refractivity contribution is 6.30. The van der Waals surface area contributed by atoms with Crippen molar-refractivity contribution in [2.75, 3.05) is 11.9 Å². The van der Waals surface area contributed by atoms with Gasteiger partial charge in [0.05, 0.1) is 11.7 Å². The van der Waals surface area contributed by atoms with Crippen LogP contribution in [0, 0.1) is 5.92 Å². The van der Waals surface area contributed by atoms with Crippen molar-refractivity contribution in [1.29, 1.82) is 0 Å². The van der Waals surface area contributed by atoms with Crippen molar-refractivity contribution in [3.63, 3.8) is 0 Å². The quantitative estimate of drug-likeness (QED) is 0.162. The highest BCUT2D eigenvalue weighted by Crippen LogP contribution is 2.32. The molecular weight excluding hydrogens is 619 g/mol. The molecule has 1 aromatic heterocycles. The summed E-state index contributed by atoms with van der Waals surface area (Å²) < 4.78 is 47.6. The molecule has 1 heterocycles. The van der Waals surface area contributed by atoms with E-state index in [9.17, 15) is 22.8 Å². The number of alkyl halides is 3. The first kappa shape index (κ1) is 33.0. The van der Waals surface area contributed by atoms with Crippen LogP contribution in [-0.4, -0.2) is 33.9 Å². The molecule has 5 rings (SSSR count). The molecule has 0 aliphatic heterocycles. The van der Waals surface area contributed by atoms with Crippen molar-refractivity contribution in [2.24, 2.45) is 5.92 Å². The Morgan fingerprint density at radius 2 is 1.70 bits per heavy atom. The summed E-state index contributed by atoms with van der Waals surface area (Å²) in [5.74, 6) is -0.154. The van der Waals surface area contributed by atoms with Gasteiger partial charge >= 0.3 is 12.3 Å². The van der Waals surface area contributed by atoms with Crippen molar-refractivity contribution < 1.29 is 27.5 Å². The van der Waals surface area contributed by atoms with Crippen molar-refractivity contribution in [3.05, 3.63) is 112 Å². The lowest BCUT2D eigenvalue weighted by atomic mass is 9.98. The number of amides is 2. The summed E-state index contributed by atoms with van der Waals surface area (Å²) >= 11 is 6.12. The topological polar surface area (TPSA) is 97.3 Å². The zero-order chi connectivity index (χ0) is 33.1. The number of anilines is 1. The van der Waals surface area contributed by atoms with Crippen LogP contribution in [0.25, 0.3) is 5.69 Å². The van der Waals surface area contributed by atoms with E-state index in [0.717, 1.165) is 28.4 Å². The van der Waals surface area contributed by atoms with Crippen LogP contribution < -0.4 is 16.0 Å². The fourth-order valence-electron chi connectivity index (χ4n) is 4.85. The monoisotopic (exact) mass is 653 g/mol. The van der Waals surface area contributed by atoms with E-state index in [0.29, 0.717) is 22.2 Å². The lowest BCUT2D eigenvalue weighted by molar-refractivity contribution is -0.141. The number of carbonyl (C=O) groups excluding carboxylic acids is 2. The summed E-state index contributed by atoms with van der Waals surface area (Å²) in [7, 11) is 0. The minimum atomic E-state index is -4.78. The van der Waals surface area contributed by atoms with Crippen molar-refractivity contribution in [1.82, 2.24) is 20.4 Å². The second-order valence-electron chi connectivity index (χ2n) is 12.3. The first-order valence-corrected chi connectivity index (χ1v) is 15.3. The molecule has 1 unspecified atom stereocenters. The van der Waals surface area contributed by atoms with E-state index < -0.39 is 29.5 Å². The Balaban J connectivity index is 1.39. The second-order valence-corrected chi connectivity index (χ2v) is 12.7. The third-order valence-corrected chi connectivity index (χ3v) is 7.46.